The Hall–Kier alpha value is -0.730. The van der Waals surface area contributed by atoms with Crippen molar-refractivity contribution in [3.05, 3.63) is 28.1 Å². The van der Waals surface area contributed by atoms with Crippen molar-refractivity contribution in [1.82, 2.24) is 0 Å². The molecule has 2 rings (SSSR count). The summed E-state index contributed by atoms with van der Waals surface area (Å²) in [5.74, 6) is 0. The second kappa shape index (κ2) is 2.64. The van der Waals surface area contributed by atoms with E-state index in [0.717, 1.165) is 26.4 Å². The van der Waals surface area contributed by atoms with Crippen LogP contribution in [-0.4, -0.2) is 0 Å². The third kappa shape index (κ3) is 0.993. The van der Waals surface area contributed by atoms with Gasteiger partial charge >= 0.3 is 0 Å². The fourth-order valence-electron chi connectivity index (χ4n) is 1.20. The molecule has 0 spiro atoms. The third-order valence-corrected chi connectivity index (χ3v) is 3.34. The largest absolute Gasteiger partial charge is 0.397 e. The summed E-state index contributed by atoms with van der Waals surface area (Å²) in [5, 5.41) is 3.91. The summed E-state index contributed by atoms with van der Waals surface area (Å²) in [6.45, 7) is 1.94. The van der Waals surface area contributed by atoms with Gasteiger partial charge < -0.3 is 5.73 Å². The maximum absolute atomic E-state index is 5.97. The second-order valence-electron chi connectivity index (χ2n) is 2.74. The molecule has 0 radical (unpaired) electrons. The molecule has 1 nitrogen and oxygen atoms in total. The second-order valence-corrected chi connectivity index (χ2v) is 4.06. The lowest BCUT2D eigenvalue weighted by atomic mass is 10.1. The number of benzene rings is 1. The predicted molar refractivity (Wildman–Crippen MR) is 56.0 cm³/mol. The predicted octanol–water partition coefficient (Wildman–Crippen LogP) is 3.45. The van der Waals surface area contributed by atoms with Gasteiger partial charge in [-0.05, 0) is 35.4 Å². The van der Waals surface area contributed by atoms with E-state index in [1.165, 1.54) is 0 Å². The molecule has 1 aromatic carbocycles. The normalized spacial score (nSPS) is 10.8. The number of halogens is 1. The molecular weight excluding hydrogens is 190 g/mol. The van der Waals surface area contributed by atoms with Gasteiger partial charge in [0.05, 0.1) is 10.4 Å². The molecular formula is C9H8ClNS. The summed E-state index contributed by atoms with van der Waals surface area (Å²) in [5.41, 5.74) is 7.68. The van der Waals surface area contributed by atoms with Crippen LogP contribution in [0.5, 0.6) is 0 Å². The number of anilines is 1. The van der Waals surface area contributed by atoms with Crippen molar-refractivity contribution in [2.24, 2.45) is 0 Å². The quantitative estimate of drug-likeness (QED) is 0.644. The van der Waals surface area contributed by atoms with Gasteiger partial charge in [0.15, 0.2) is 0 Å². The maximum atomic E-state index is 5.97. The van der Waals surface area contributed by atoms with Crippen LogP contribution in [0.4, 0.5) is 5.69 Å². The molecule has 62 valence electrons. The number of rotatable bonds is 0. The molecule has 3 heteroatoms. The van der Waals surface area contributed by atoms with Crippen LogP contribution in [0.3, 0.4) is 0 Å². The lowest BCUT2D eigenvalue weighted by Gasteiger charge is -2.03. The van der Waals surface area contributed by atoms with E-state index < -0.39 is 0 Å². The molecule has 12 heavy (non-hydrogen) atoms. The van der Waals surface area contributed by atoms with Crippen LogP contribution in [0.2, 0.25) is 5.02 Å². The van der Waals surface area contributed by atoms with Crippen LogP contribution < -0.4 is 5.73 Å². The summed E-state index contributed by atoms with van der Waals surface area (Å²) in [7, 11) is 0. The number of hydrogen-bond donors (Lipinski definition) is 1. The van der Waals surface area contributed by atoms with E-state index in [2.05, 4.69) is 0 Å². The van der Waals surface area contributed by atoms with Crippen molar-refractivity contribution in [2.45, 2.75) is 6.92 Å². The van der Waals surface area contributed by atoms with Crippen LogP contribution in [0.25, 0.3) is 10.1 Å². The van der Waals surface area contributed by atoms with Crippen LogP contribution in [0, 0.1) is 6.92 Å². The standard InChI is InChI=1S/C9H8ClNS/c1-5-7(10)4-6-2-3-12-9(6)8(5)11/h2-4H,11H2,1H3. The smallest absolute Gasteiger partial charge is 0.0575 e. The molecule has 0 saturated carbocycles. The molecule has 1 aromatic heterocycles. The lowest BCUT2D eigenvalue weighted by Crippen LogP contribution is -1.89. The van der Waals surface area contributed by atoms with Gasteiger partial charge in [-0.1, -0.05) is 11.6 Å². The SMILES string of the molecule is Cc1c(Cl)cc2ccsc2c1N. The van der Waals surface area contributed by atoms with Gasteiger partial charge in [0.1, 0.15) is 0 Å². The first-order valence-corrected chi connectivity index (χ1v) is 4.87. The van der Waals surface area contributed by atoms with Crippen LogP contribution in [0.15, 0.2) is 17.5 Å². The first kappa shape index (κ1) is 7.90. The molecule has 0 atom stereocenters. The minimum atomic E-state index is 0.749. The van der Waals surface area contributed by atoms with E-state index in [0.29, 0.717) is 0 Å². The number of thiophene rings is 1. The highest BCUT2D eigenvalue weighted by atomic mass is 35.5. The first-order chi connectivity index (χ1) is 5.70. The zero-order valence-electron chi connectivity index (χ0n) is 6.60. The van der Waals surface area contributed by atoms with Crippen molar-refractivity contribution in [1.29, 1.82) is 0 Å². The van der Waals surface area contributed by atoms with E-state index in [1.54, 1.807) is 11.3 Å². The molecule has 0 bridgehead atoms. The van der Waals surface area contributed by atoms with E-state index in [-0.39, 0.29) is 0 Å². The number of hydrogen-bond acceptors (Lipinski definition) is 2. The molecule has 0 aliphatic heterocycles. The third-order valence-electron chi connectivity index (χ3n) is 1.98. The first-order valence-electron chi connectivity index (χ1n) is 3.62. The summed E-state index contributed by atoms with van der Waals surface area (Å²) in [6, 6.07) is 3.99. The molecule has 0 saturated heterocycles. The molecule has 2 aromatic rings. The zero-order valence-corrected chi connectivity index (χ0v) is 8.17. The van der Waals surface area contributed by atoms with Crippen LogP contribution >= 0.6 is 22.9 Å². The van der Waals surface area contributed by atoms with E-state index in [9.17, 15) is 0 Å². The van der Waals surface area contributed by atoms with E-state index >= 15 is 0 Å². The monoisotopic (exact) mass is 197 g/mol. The van der Waals surface area contributed by atoms with Crippen LogP contribution in [-0.2, 0) is 0 Å². The molecule has 2 N–H and O–H groups in total. The molecule has 0 fully saturated rings. The number of fused-ring (bicyclic) bond motifs is 1. The maximum Gasteiger partial charge on any atom is 0.0575 e. The minimum absolute atomic E-state index is 0.749. The minimum Gasteiger partial charge on any atom is -0.397 e. The van der Waals surface area contributed by atoms with Gasteiger partial charge in [-0.25, -0.2) is 0 Å². The molecule has 0 aliphatic carbocycles. The Labute approximate surface area is 79.8 Å². The van der Waals surface area contributed by atoms with Gasteiger partial charge in [0.25, 0.3) is 0 Å². The fourth-order valence-corrected chi connectivity index (χ4v) is 2.31. The Morgan fingerprint density at radius 3 is 3.00 bits per heavy atom. The Morgan fingerprint density at radius 1 is 1.50 bits per heavy atom. The summed E-state index contributed by atoms with van der Waals surface area (Å²) < 4.78 is 1.14. The lowest BCUT2D eigenvalue weighted by molar-refractivity contribution is 1.51. The van der Waals surface area contributed by atoms with Gasteiger partial charge in [0.2, 0.25) is 0 Å². The molecule has 0 unspecified atom stereocenters. The van der Waals surface area contributed by atoms with Gasteiger partial charge in [-0.2, -0.15) is 0 Å². The van der Waals surface area contributed by atoms with Crippen molar-refractivity contribution < 1.29 is 0 Å². The summed E-state index contributed by atoms with van der Waals surface area (Å²) in [4.78, 5) is 0. The highest BCUT2D eigenvalue weighted by molar-refractivity contribution is 7.17. The summed E-state index contributed by atoms with van der Waals surface area (Å²) >= 11 is 7.63. The van der Waals surface area contributed by atoms with Crippen molar-refractivity contribution in [2.75, 3.05) is 5.73 Å². The zero-order chi connectivity index (χ0) is 8.72. The van der Waals surface area contributed by atoms with Gasteiger partial charge in [0, 0.05) is 5.02 Å². The van der Waals surface area contributed by atoms with E-state index in [1.807, 2.05) is 24.4 Å². The van der Waals surface area contributed by atoms with Gasteiger partial charge in [-0.15, -0.1) is 11.3 Å². The Balaban J connectivity index is 2.94. The highest BCUT2D eigenvalue weighted by Crippen LogP contribution is 2.33. The summed E-state index contributed by atoms with van der Waals surface area (Å²) in [6.07, 6.45) is 0. The van der Waals surface area contributed by atoms with Crippen LogP contribution in [0.1, 0.15) is 5.56 Å². The number of nitrogens with two attached hydrogens (primary N) is 1. The Bertz CT molecular complexity index is 433. The average molecular weight is 198 g/mol. The molecule has 0 amide bonds. The van der Waals surface area contributed by atoms with Crippen molar-refractivity contribution >= 4 is 38.7 Å². The fraction of sp³-hybridized carbons (Fsp3) is 0.111. The Morgan fingerprint density at radius 2 is 2.25 bits per heavy atom. The van der Waals surface area contributed by atoms with E-state index in [4.69, 9.17) is 17.3 Å². The molecule has 1 heterocycles. The molecule has 0 aliphatic rings. The van der Waals surface area contributed by atoms with Crippen molar-refractivity contribution in [3.63, 3.8) is 0 Å². The van der Waals surface area contributed by atoms with Crippen molar-refractivity contribution in [3.8, 4) is 0 Å². The number of nitrogen functional groups attached to an aromatic ring is 1. The average Bonchev–Trinajstić information content (AvgIpc) is 2.48. The Kier molecular flexibility index (Phi) is 1.74. The topological polar surface area (TPSA) is 26.0 Å². The van der Waals surface area contributed by atoms with Gasteiger partial charge in [-0.3, -0.25) is 0 Å². The highest BCUT2D eigenvalue weighted by Gasteiger charge is 2.05.